The molecule has 2 nitrogen and oxygen atoms in total. The Morgan fingerprint density at radius 2 is 1.83 bits per heavy atom. The largest absolute Gasteiger partial charge is 0.332 e. The molecule has 1 aromatic rings. The molecular weight excluding hydrogens is 179 g/mol. The van der Waals surface area contributed by atoms with Crippen LogP contribution in [-0.4, -0.2) is 8.42 Å². The molecule has 0 aliphatic rings. The molecule has 0 aliphatic carbocycles. The summed E-state index contributed by atoms with van der Waals surface area (Å²) in [5, 5.41) is 0. The summed E-state index contributed by atoms with van der Waals surface area (Å²) < 4.78 is 33.5. The van der Waals surface area contributed by atoms with Gasteiger partial charge in [-0.25, -0.2) is 0 Å². The van der Waals surface area contributed by atoms with Crippen molar-refractivity contribution in [3.05, 3.63) is 29.3 Å². The minimum Gasteiger partial charge on any atom is -0.189 e. The zero-order chi connectivity index (χ0) is 9.35. The second kappa shape index (κ2) is 2.86. The Kier molecular flexibility index (Phi) is 2.19. The van der Waals surface area contributed by atoms with Gasteiger partial charge in [-0.05, 0) is 25.5 Å². The van der Waals surface area contributed by atoms with E-state index in [1.54, 1.807) is 19.1 Å². The van der Waals surface area contributed by atoms with E-state index < -0.39 is 10.2 Å². The molecule has 0 fully saturated rings. The van der Waals surface area contributed by atoms with Crippen LogP contribution in [0.15, 0.2) is 23.1 Å². The quantitative estimate of drug-likeness (QED) is 0.631. The maximum Gasteiger partial charge on any atom is 0.332 e. The molecule has 0 radical (unpaired) electrons. The third-order valence-corrected chi connectivity index (χ3v) is 2.58. The van der Waals surface area contributed by atoms with Gasteiger partial charge in [0.1, 0.15) is 4.90 Å². The van der Waals surface area contributed by atoms with E-state index in [1.165, 1.54) is 6.07 Å². The van der Waals surface area contributed by atoms with E-state index in [2.05, 4.69) is 0 Å². The van der Waals surface area contributed by atoms with Gasteiger partial charge in [-0.15, -0.1) is 3.89 Å². The van der Waals surface area contributed by atoms with Crippen LogP contribution in [0.1, 0.15) is 11.1 Å². The van der Waals surface area contributed by atoms with Gasteiger partial charge in [0.15, 0.2) is 0 Å². The number of hydrogen-bond acceptors (Lipinski definition) is 2. The van der Waals surface area contributed by atoms with Crippen molar-refractivity contribution in [1.82, 2.24) is 0 Å². The summed E-state index contributed by atoms with van der Waals surface area (Å²) in [6.07, 6.45) is 0. The zero-order valence-corrected chi connectivity index (χ0v) is 7.65. The van der Waals surface area contributed by atoms with Crippen molar-refractivity contribution in [1.29, 1.82) is 0 Å². The molecule has 0 unspecified atom stereocenters. The molecule has 0 heterocycles. The van der Waals surface area contributed by atoms with Crippen molar-refractivity contribution in [3.63, 3.8) is 0 Å². The third kappa shape index (κ3) is 1.82. The van der Waals surface area contributed by atoms with Crippen molar-refractivity contribution < 1.29 is 12.3 Å². The summed E-state index contributed by atoms with van der Waals surface area (Å²) in [5.41, 5.74) is 1.36. The van der Waals surface area contributed by atoms with E-state index in [-0.39, 0.29) is 4.90 Å². The lowest BCUT2D eigenvalue weighted by atomic mass is 10.2. The Morgan fingerprint density at radius 3 is 2.25 bits per heavy atom. The van der Waals surface area contributed by atoms with Gasteiger partial charge in [0.25, 0.3) is 0 Å². The van der Waals surface area contributed by atoms with E-state index >= 15 is 0 Å². The van der Waals surface area contributed by atoms with Crippen LogP contribution >= 0.6 is 0 Å². The zero-order valence-electron chi connectivity index (χ0n) is 6.83. The highest BCUT2D eigenvalue weighted by Crippen LogP contribution is 2.17. The molecule has 1 rings (SSSR count). The molecule has 66 valence electrons. The monoisotopic (exact) mass is 188 g/mol. The molecule has 0 amide bonds. The van der Waals surface area contributed by atoms with Crippen LogP contribution in [0.25, 0.3) is 0 Å². The summed E-state index contributed by atoms with van der Waals surface area (Å²) in [6, 6.07) is 4.48. The van der Waals surface area contributed by atoms with E-state index in [4.69, 9.17) is 0 Å². The Balaban J connectivity index is 3.39. The van der Waals surface area contributed by atoms with Crippen LogP contribution in [0.4, 0.5) is 3.89 Å². The van der Waals surface area contributed by atoms with Gasteiger partial charge < -0.3 is 0 Å². The van der Waals surface area contributed by atoms with Crippen LogP contribution in [0.2, 0.25) is 0 Å². The van der Waals surface area contributed by atoms with Gasteiger partial charge in [-0.3, -0.25) is 0 Å². The van der Waals surface area contributed by atoms with Gasteiger partial charge >= 0.3 is 10.2 Å². The number of rotatable bonds is 1. The second-order valence-electron chi connectivity index (χ2n) is 2.71. The first kappa shape index (κ1) is 9.19. The Hall–Kier alpha value is -0.900. The number of halogens is 1. The standard InChI is InChI=1S/C8H9FO2S/c1-6-3-4-8(7(2)5-6)12(9,10)11/h3-5H,1-2H3. The summed E-state index contributed by atoms with van der Waals surface area (Å²) >= 11 is 0. The molecule has 0 saturated heterocycles. The van der Waals surface area contributed by atoms with Crippen LogP contribution in [0, 0.1) is 13.8 Å². The number of hydrogen-bond donors (Lipinski definition) is 0. The summed E-state index contributed by atoms with van der Waals surface area (Å²) in [4.78, 5) is -0.242. The number of aryl methyl sites for hydroxylation is 2. The lowest BCUT2D eigenvalue weighted by Crippen LogP contribution is -1.95. The first-order valence-electron chi connectivity index (χ1n) is 3.43. The molecule has 0 atom stereocenters. The van der Waals surface area contributed by atoms with E-state index in [1.807, 2.05) is 6.92 Å². The lowest BCUT2D eigenvalue weighted by molar-refractivity contribution is 0.551. The van der Waals surface area contributed by atoms with E-state index in [0.29, 0.717) is 5.56 Å². The SMILES string of the molecule is Cc1ccc(S(=O)(=O)F)c(C)c1. The van der Waals surface area contributed by atoms with Crippen LogP contribution in [-0.2, 0) is 10.2 Å². The Labute approximate surface area is 71.2 Å². The fourth-order valence-electron chi connectivity index (χ4n) is 1.07. The van der Waals surface area contributed by atoms with Gasteiger partial charge in [-0.1, -0.05) is 17.7 Å². The van der Waals surface area contributed by atoms with Crippen molar-refractivity contribution in [2.45, 2.75) is 18.7 Å². The summed E-state index contributed by atoms with van der Waals surface area (Å²) in [7, 11) is -4.55. The lowest BCUT2D eigenvalue weighted by Gasteiger charge is -2.00. The second-order valence-corrected chi connectivity index (χ2v) is 4.02. The first-order chi connectivity index (χ1) is 5.41. The van der Waals surface area contributed by atoms with Crippen LogP contribution in [0.3, 0.4) is 0 Å². The van der Waals surface area contributed by atoms with Crippen molar-refractivity contribution in [3.8, 4) is 0 Å². The van der Waals surface area contributed by atoms with Gasteiger partial charge in [0.05, 0.1) is 0 Å². The molecule has 0 saturated carbocycles. The predicted molar refractivity (Wildman–Crippen MR) is 44.2 cm³/mol. The minimum atomic E-state index is -4.55. The Bertz CT molecular complexity index is 396. The highest BCUT2D eigenvalue weighted by molar-refractivity contribution is 7.86. The fraction of sp³-hybridized carbons (Fsp3) is 0.250. The average molecular weight is 188 g/mol. The molecule has 12 heavy (non-hydrogen) atoms. The third-order valence-electron chi connectivity index (χ3n) is 1.59. The van der Waals surface area contributed by atoms with E-state index in [0.717, 1.165) is 5.56 Å². The van der Waals surface area contributed by atoms with E-state index in [9.17, 15) is 12.3 Å². The normalized spacial score (nSPS) is 11.6. The molecule has 0 bridgehead atoms. The van der Waals surface area contributed by atoms with Crippen molar-refractivity contribution in [2.75, 3.05) is 0 Å². The van der Waals surface area contributed by atoms with Gasteiger partial charge in [0.2, 0.25) is 0 Å². The summed E-state index contributed by atoms with van der Waals surface area (Å²) in [5.74, 6) is 0. The fourth-order valence-corrected chi connectivity index (χ4v) is 1.75. The van der Waals surface area contributed by atoms with Crippen molar-refractivity contribution >= 4 is 10.2 Å². The topological polar surface area (TPSA) is 34.1 Å². The molecular formula is C8H9FO2S. The van der Waals surface area contributed by atoms with Crippen molar-refractivity contribution in [2.24, 2.45) is 0 Å². The van der Waals surface area contributed by atoms with Gasteiger partial charge in [-0.2, -0.15) is 8.42 Å². The molecule has 0 spiro atoms. The maximum absolute atomic E-state index is 12.5. The molecule has 0 N–H and O–H groups in total. The Morgan fingerprint density at radius 1 is 1.25 bits per heavy atom. The van der Waals surface area contributed by atoms with Gasteiger partial charge in [0, 0.05) is 0 Å². The minimum absolute atomic E-state index is 0.242. The predicted octanol–water partition coefficient (Wildman–Crippen LogP) is 1.96. The molecule has 1 aromatic carbocycles. The summed E-state index contributed by atoms with van der Waals surface area (Å²) in [6.45, 7) is 3.39. The maximum atomic E-state index is 12.5. The highest BCUT2D eigenvalue weighted by atomic mass is 32.3. The number of benzene rings is 1. The average Bonchev–Trinajstić information content (AvgIpc) is 1.83. The molecule has 0 aromatic heterocycles. The molecule has 4 heteroatoms. The highest BCUT2D eigenvalue weighted by Gasteiger charge is 2.13. The molecule has 0 aliphatic heterocycles. The smallest absolute Gasteiger partial charge is 0.189 e. The van der Waals surface area contributed by atoms with Crippen LogP contribution in [0.5, 0.6) is 0 Å². The first-order valence-corrected chi connectivity index (χ1v) is 4.81. The van der Waals surface area contributed by atoms with Crippen LogP contribution < -0.4 is 0 Å².